The fraction of sp³-hybridized carbons (Fsp3) is 0.917. The van der Waals surface area contributed by atoms with Crippen LogP contribution in [0.25, 0.3) is 0 Å². The molecule has 0 aromatic heterocycles. The summed E-state index contributed by atoms with van der Waals surface area (Å²) in [5, 5.41) is 6.08. The minimum absolute atomic E-state index is 0.0113. The van der Waals surface area contributed by atoms with E-state index < -0.39 is 0 Å². The fourth-order valence-corrected chi connectivity index (χ4v) is 3.01. The van der Waals surface area contributed by atoms with Crippen LogP contribution in [0.5, 0.6) is 0 Å². The zero-order valence-electron chi connectivity index (χ0n) is 10.7. The first-order chi connectivity index (χ1) is 8.86. The van der Waals surface area contributed by atoms with Gasteiger partial charge >= 0.3 is 0 Å². The first-order valence-corrected chi connectivity index (χ1v) is 7.80. The molecule has 0 spiro atoms. The zero-order chi connectivity index (χ0) is 12.6. The molecule has 6 heteroatoms. The summed E-state index contributed by atoms with van der Waals surface area (Å²) in [4.78, 5) is 11.6. The molecule has 2 N–H and O–H groups in total. The van der Waals surface area contributed by atoms with Crippen LogP contribution in [-0.4, -0.2) is 56.0 Å². The number of thioether (sulfide) groups is 1. The smallest absolute Gasteiger partial charge is 0.238 e. The molecule has 2 fully saturated rings. The molecule has 104 valence electrons. The van der Waals surface area contributed by atoms with Crippen LogP contribution in [0.1, 0.15) is 19.3 Å². The number of hydrogen-bond donors (Lipinski definition) is 2. The van der Waals surface area contributed by atoms with Crippen molar-refractivity contribution in [1.29, 1.82) is 0 Å². The van der Waals surface area contributed by atoms with Crippen molar-refractivity contribution in [2.75, 3.05) is 38.0 Å². The third-order valence-electron chi connectivity index (χ3n) is 3.13. The Morgan fingerprint density at radius 2 is 2.50 bits per heavy atom. The Hall–Kier alpha value is -0.300. The average molecular weight is 274 g/mol. The molecule has 2 heterocycles. The predicted molar refractivity (Wildman–Crippen MR) is 71.7 cm³/mol. The Balaban J connectivity index is 1.42. The molecule has 2 rings (SSSR count). The van der Waals surface area contributed by atoms with Crippen molar-refractivity contribution in [3.05, 3.63) is 0 Å². The number of carbonyl (C=O) groups is 1. The predicted octanol–water partition coefficient (Wildman–Crippen LogP) is 0.351. The van der Waals surface area contributed by atoms with Gasteiger partial charge in [0.25, 0.3) is 0 Å². The quantitative estimate of drug-likeness (QED) is 0.656. The topological polar surface area (TPSA) is 59.6 Å². The van der Waals surface area contributed by atoms with Crippen LogP contribution in [0, 0.1) is 0 Å². The summed E-state index contributed by atoms with van der Waals surface area (Å²) in [5.74, 6) is 1.86. The molecule has 2 aliphatic heterocycles. The first kappa shape index (κ1) is 14.1. The Bertz CT molecular complexity index is 254. The molecule has 0 aromatic rings. The van der Waals surface area contributed by atoms with E-state index in [1.807, 2.05) is 0 Å². The van der Waals surface area contributed by atoms with E-state index in [2.05, 4.69) is 10.6 Å². The standard InChI is InChI=1S/C12H22N2O3S/c15-12(11-8-18-9-14-11)13-4-2-5-16-7-10-3-1-6-17-10/h10-11,14H,1-9H2,(H,13,15). The van der Waals surface area contributed by atoms with E-state index in [1.54, 1.807) is 11.8 Å². The summed E-state index contributed by atoms with van der Waals surface area (Å²) >= 11 is 1.76. The van der Waals surface area contributed by atoms with Crippen molar-refractivity contribution in [3.63, 3.8) is 0 Å². The Morgan fingerprint density at radius 3 is 3.22 bits per heavy atom. The van der Waals surface area contributed by atoms with Gasteiger partial charge in [0, 0.05) is 31.4 Å². The molecule has 0 aliphatic carbocycles. The fourth-order valence-electron chi connectivity index (χ4n) is 2.06. The lowest BCUT2D eigenvalue weighted by Gasteiger charge is -2.12. The number of rotatable bonds is 7. The molecule has 0 saturated carbocycles. The van der Waals surface area contributed by atoms with E-state index in [-0.39, 0.29) is 11.9 Å². The highest BCUT2D eigenvalue weighted by molar-refractivity contribution is 7.99. The molecule has 2 unspecified atom stereocenters. The van der Waals surface area contributed by atoms with Gasteiger partial charge in [-0.05, 0) is 19.3 Å². The van der Waals surface area contributed by atoms with Gasteiger partial charge in [-0.2, -0.15) is 0 Å². The monoisotopic (exact) mass is 274 g/mol. The van der Waals surface area contributed by atoms with Crippen LogP contribution in [0.4, 0.5) is 0 Å². The lowest BCUT2D eigenvalue weighted by molar-refractivity contribution is -0.122. The highest BCUT2D eigenvalue weighted by Gasteiger charge is 2.21. The number of carbonyl (C=O) groups excluding carboxylic acids is 1. The maximum atomic E-state index is 11.6. The lowest BCUT2D eigenvalue weighted by atomic mass is 10.2. The Kier molecular flexibility index (Phi) is 6.26. The van der Waals surface area contributed by atoms with Crippen molar-refractivity contribution < 1.29 is 14.3 Å². The van der Waals surface area contributed by atoms with Gasteiger partial charge in [0.1, 0.15) is 0 Å². The molecule has 2 atom stereocenters. The summed E-state index contributed by atoms with van der Waals surface area (Å²) in [6, 6.07) is -0.0113. The summed E-state index contributed by atoms with van der Waals surface area (Å²) in [6.07, 6.45) is 3.41. The second kappa shape index (κ2) is 7.99. The molecular formula is C12H22N2O3S. The molecule has 2 aliphatic rings. The third kappa shape index (κ3) is 4.76. The van der Waals surface area contributed by atoms with Gasteiger partial charge in [-0.1, -0.05) is 0 Å². The second-order valence-electron chi connectivity index (χ2n) is 4.63. The Labute approximate surface area is 112 Å². The van der Waals surface area contributed by atoms with Crippen LogP contribution in [0.15, 0.2) is 0 Å². The van der Waals surface area contributed by atoms with E-state index in [9.17, 15) is 4.79 Å². The largest absolute Gasteiger partial charge is 0.379 e. The summed E-state index contributed by atoms with van der Waals surface area (Å²) in [7, 11) is 0. The maximum absolute atomic E-state index is 11.6. The Morgan fingerprint density at radius 1 is 1.56 bits per heavy atom. The number of nitrogens with one attached hydrogen (secondary N) is 2. The van der Waals surface area contributed by atoms with Crippen molar-refractivity contribution in [1.82, 2.24) is 10.6 Å². The van der Waals surface area contributed by atoms with Crippen LogP contribution < -0.4 is 10.6 Å². The van der Waals surface area contributed by atoms with Crippen LogP contribution in [-0.2, 0) is 14.3 Å². The first-order valence-electron chi connectivity index (χ1n) is 6.64. The van der Waals surface area contributed by atoms with Crippen molar-refractivity contribution in [3.8, 4) is 0 Å². The van der Waals surface area contributed by atoms with Gasteiger partial charge in [0.2, 0.25) is 5.91 Å². The molecule has 2 saturated heterocycles. The van der Waals surface area contributed by atoms with E-state index in [0.29, 0.717) is 25.9 Å². The molecule has 18 heavy (non-hydrogen) atoms. The average Bonchev–Trinajstić information content (AvgIpc) is 3.05. The van der Waals surface area contributed by atoms with E-state index >= 15 is 0 Å². The molecule has 0 aromatic carbocycles. The van der Waals surface area contributed by atoms with Crippen molar-refractivity contribution in [2.24, 2.45) is 0 Å². The van der Waals surface area contributed by atoms with Crippen molar-refractivity contribution >= 4 is 17.7 Å². The maximum Gasteiger partial charge on any atom is 0.238 e. The normalized spacial score (nSPS) is 27.6. The minimum atomic E-state index is -0.0113. The molecular weight excluding hydrogens is 252 g/mol. The highest BCUT2D eigenvalue weighted by atomic mass is 32.2. The summed E-state index contributed by atoms with van der Waals surface area (Å²) in [6.45, 7) is 2.94. The lowest BCUT2D eigenvalue weighted by Crippen LogP contribution is -2.42. The molecule has 5 nitrogen and oxygen atoms in total. The van der Waals surface area contributed by atoms with Gasteiger partial charge in [-0.15, -0.1) is 11.8 Å². The molecule has 0 bridgehead atoms. The van der Waals surface area contributed by atoms with Gasteiger partial charge in [-0.3, -0.25) is 10.1 Å². The summed E-state index contributed by atoms with van der Waals surface area (Å²) < 4.78 is 11.0. The minimum Gasteiger partial charge on any atom is -0.379 e. The van der Waals surface area contributed by atoms with Crippen molar-refractivity contribution in [2.45, 2.75) is 31.4 Å². The highest BCUT2D eigenvalue weighted by Crippen LogP contribution is 2.12. The molecule has 1 amide bonds. The SMILES string of the molecule is O=C(NCCCOCC1CCCO1)C1CSCN1. The van der Waals surface area contributed by atoms with Crippen LogP contribution in [0.3, 0.4) is 0 Å². The van der Waals surface area contributed by atoms with E-state index in [0.717, 1.165) is 37.5 Å². The zero-order valence-corrected chi connectivity index (χ0v) is 11.5. The number of ether oxygens (including phenoxy) is 2. The van der Waals surface area contributed by atoms with Crippen LogP contribution in [0.2, 0.25) is 0 Å². The van der Waals surface area contributed by atoms with Gasteiger partial charge in [-0.25, -0.2) is 0 Å². The van der Waals surface area contributed by atoms with Gasteiger partial charge in [0.15, 0.2) is 0 Å². The molecule has 0 radical (unpaired) electrons. The van der Waals surface area contributed by atoms with E-state index in [1.165, 1.54) is 0 Å². The van der Waals surface area contributed by atoms with Crippen LogP contribution >= 0.6 is 11.8 Å². The third-order valence-corrected chi connectivity index (χ3v) is 4.07. The summed E-state index contributed by atoms with van der Waals surface area (Å²) in [5.41, 5.74) is 0. The van der Waals surface area contributed by atoms with Gasteiger partial charge in [0.05, 0.1) is 18.8 Å². The second-order valence-corrected chi connectivity index (χ2v) is 5.66. The number of amides is 1. The van der Waals surface area contributed by atoms with Gasteiger partial charge < -0.3 is 14.8 Å². The number of hydrogen-bond acceptors (Lipinski definition) is 5. The van der Waals surface area contributed by atoms with E-state index in [4.69, 9.17) is 9.47 Å².